The van der Waals surface area contributed by atoms with Crippen LogP contribution in [-0.4, -0.2) is 43.2 Å². The normalized spacial score (nSPS) is 14.6. The number of carboxylic acids is 1. The maximum Gasteiger partial charge on any atom is 0.322 e. The van der Waals surface area contributed by atoms with Crippen molar-refractivity contribution in [2.45, 2.75) is 25.9 Å². The quantitative estimate of drug-likeness (QED) is 0.833. The molecule has 0 amide bonds. The van der Waals surface area contributed by atoms with Crippen LogP contribution in [0.4, 0.5) is 0 Å². The molecule has 1 aromatic carbocycles. The highest BCUT2D eigenvalue weighted by Gasteiger charge is 2.30. The predicted octanol–water partition coefficient (Wildman–Crippen LogP) is 1.58. The first-order chi connectivity index (χ1) is 8.38. The number of carboxylic acid groups (broad SMARTS) is 1. The summed E-state index contributed by atoms with van der Waals surface area (Å²) in [5.41, 5.74) is 3.35. The first-order valence-electron chi connectivity index (χ1n) is 6.02. The third kappa shape index (κ3) is 3.09. The molecule has 0 aromatic heterocycles. The summed E-state index contributed by atoms with van der Waals surface area (Å²) < 4.78 is 0. The van der Waals surface area contributed by atoms with E-state index in [1.807, 2.05) is 45.0 Å². The zero-order valence-electron chi connectivity index (χ0n) is 11.7. The SMILES string of the molecule is CNC(C(=O)O)C(c1ccc(C)cc1C)N(C)C. The van der Waals surface area contributed by atoms with Gasteiger partial charge in [0.2, 0.25) is 0 Å². The van der Waals surface area contributed by atoms with E-state index in [9.17, 15) is 9.90 Å². The average molecular weight is 250 g/mol. The summed E-state index contributed by atoms with van der Waals surface area (Å²) in [5.74, 6) is -0.837. The van der Waals surface area contributed by atoms with Crippen molar-refractivity contribution >= 4 is 5.97 Å². The van der Waals surface area contributed by atoms with Crippen LogP contribution in [0.5, 0.6) is 0 Å². The topological polar surface area (TPSA) is 52.6 Å². The lowest BCUT2D eigenvalue weighted by atomic mass is 9.93. The number of nitrogens with zero attached hydrogens (tertiary/aromatic N) is 1. The van der Waals surface area contributed by atoms with E-state index in [-0.39, 0.29) is 6.04 Å². The Morgan fingerprint density at radius 2 is 1.94 bits per heavy atom. The van der Waals surface area contributed by atoms with Crippen LogP contribution in [0.25, 0.3) is 0 Å². The van der Waals surface area contributed by atoms with Crippen molar-refractivity contribution in [2.24, 2.45) is 0 Å². The molecule has 2 N–H and O–H groups in total. The maximum atomic E-state index is 11.3. The molecular weight excluding hydrogens is 228 g/mol. The van der Waals surface area contributed by atoms with Crippen molar-refractivity contribution in [1.82, 2.24) is 10.2 Å². The van der Waals surface area contributed by atoms with Crippen molar-refractivity contribution in [3.63, 3.8) is 0 Å². The number of benzene rings is 1. The lowest BCUT2D eigenvalue weighted by molar-refractivity contribution is -0.141. The highest BCUT2D eigenvalue weighted by molar-refractivity contribution is 5.75. The van der Waals surface area contributed by atoms with E-state index in [0.717, 1.165) is 11.1 Å². The van der Waals surface area contributed by atoms with Gasteiger partial charge in [0.05, 0.1) is 6.04 Å². The molecule has 2 atom stereocenters. The van der Waals surface area contributed by atoms with Gasteiger partial charge < -0.3 is 15.3 Å². The van der Waals surface area contributed by atoms with Gasteiger partial charge in [-0.15, -0.1) is 0 Å². The van der Waals surface area contributed by atoms with E-state index in [0.29, 0.717) is 0 Å². The zero-order chi connectivity index (χ0) is 13.9. The number of aliphatic carboxylic acids is 1. The molecule has 0 spiro atoms. The fourth-order valence-corrected chi connectivity index (χ4v) is 2.33. The molecule has 4 heteroatoms. The van der Waals surface area contributed by atoms with Gasteiger partial charge in [-0.05, 0) is 46.1 Å². The van der Waals surface area contributed by atoms with Crippen LogP contribution in [0.2, 0.25) is 0 Å². The number of aryl methyl sites for hydroxylation is 2. The third-order valence-corrected chi connectivity index (χ3v) is 3.19. The molecule has 0 aliphatic rings. The Hall–Kier alpha value is -1.39. The summed E-state index contributed by atoms with van der Waals surface area (Å²) >= 11 is 0. The van der Waals surface area contributed by atoms with E-state index in [4.69, 9.17) is 0 Å². The Labute approximate surface area is 109 Å². The molecule has 0 heterocycles. The maximum absolute atomic E-state index is 11.3. The van der Waals surface area contributed by atoms with Gasteiger partial charge in [0.25, 0.3) is 0 Å². The van der Waals surface area contributed by atoms with Crippen molar-refractivity contribution in [3.8, 4) is 0 Å². The Bertz CT molecular complexity index is 430. The van der Waals surface area contributed by atoms with E-state index >= 15 is 0 Å². The second-order valence-corrected chi connectivity index (χ2v) is 4.87. The second kappa shape index (κ2) is 5.98. The van der Waals surface area contributed by atoms with Gasteiger partial charge >= 0.3 is 5.97 Å². The Balaban J connectivity index is 3.23. The van der Waals surface area contributed by atoms with Gasteiger partial charge in [-0.1, -0.05) is 23.8 Å². The molecule has 0 aliphatic carbocycles. The van der Waals surface area contributed by atoms with Crippen molar-refractivity contribution in [3.05, 3.63) is 34.9 Å². The minimum Gasteiger partial charge on any atom is -0.480 e. The zero-order valence-corrected chi connectivity index (χ0v) is 11.7. The molecule has 4 nitrogen and oxygen atoms in total. The van der Waals surface area contributed by atoms with Crippen LogP contribution in [0, 0.1) is 13.8 Å². The van der Waals surface area contributed by atoms with Crippen LogP contribution >= 0.6 is 0 Å². The van der Waals surface area contributed by atoms with Gasteiger partial charge in [-0.25, -0.2) is 0 Å². The van der Waals surface area contributed by atoms with Crippen molar-refractivity contribution < 1.29 is 9.90 Å². The molecule has 1 aromatic rings. The molecule has 0 fully saturated rings. The standard InChI is InChI=1S/C14H22N2O2/c1-9-6-7-11(10(2)8-9)13(16(4)5)12(15-3)14(17)18/h6-8,12-13,15H,1-5H3,(H,17,18). The second-order valence-electron chi connectivity index (χ2n) is 4.87. The fraction of sp³-hybridized carbons (Fsp3) is 0.500. The van der Waals surface area contributed by atoms with E-state index in [1.54, 1.807) is 7.05 Å². The van der Waals surface area contributed by atoms with Gasteiger partial charge in [-0.3, -0.25) is 4.79 Å². The first kappa shape index (κ1) is 14.7. The van der Waals surface area contributed by atoms with E-state index in [2.05, 4.69) is 11.4 Å². The van der Waals surface area contributed by atoms with Crippen molar-refractivity contribution in [1.29, 1.82) is 0 Å². The lowest BCUT2D eigenvalue weighted by Gasteiger charge is -2.31. The fourth-order valence-electron chi connectivity index (χ4n) is 2.33. The Kier molecular flexibility index (Phi) is 4.87. The Morgan fingerprint density at radius 3 is 2.33 bits per heavy atom. The number of hydrogen-bond donors (Lipinski definition) is 2. The molecule has 2 unspecified atom stereocenters. The summed E-state index contributed by atoms with van der Waals surface area (Å²) in [7, 11) is 5.48. The molecule has 1 rings (SSSR count). The summed E-state index contributed by atoms with van der Waals surface area (Å²) in [6.07, 6.45) is 0. The van der Waals surface area contributed by atoms with E-state index < -0.39 is 12.0 Å². The number of nitrogens with one attached hydrogen (secondary N) is 1. The minimum atomic E-state index is -0.837. The van der Waals surface area contributed by atoms with Gasteiger partial charge in [0.15, 0.2) is 0 Å². The Morgan fingerprint density at radius 1 is 1.33 bits per heavy atom. The third-order valence-electron chi connectivity index (χ3n) is 3.19. The molecule has 0 bridgehead atoms. The number of hydrogen-bond acceptors (Lipinski definition) is 3. The molecule has 0 saturated carbocycles. The first-order valence-corrected chi connectivity index (χ1v) is 6.02. The average Bonchev–Trinajstić information content (AvgIpc) is 2.26. The van der Waals surface area contributed by atoms with Crippen LogP contribution in [-0.2, 0) is 4.79 Å². The highest BCUT2D eigenvalue weighted by atomic mass is 16.4. The molecule has 0 aliphatic heterocycles. The predicted molar refractivity (Wildman–Crippen MR) is 72.8 cm³/mol. The molecule has 100 valence electrons. The van der Waals surface area contributed by atoms with Crippen LogP contribution in [0.1, 0.15) is 22.7 Å². The summed E-state index contributed by atoms with van der Waals surface area (Å²) in [4.78, 5) is 13.3. The van der Waals surface area contributed by atoms with Gasteiger partial charge in [0, 0.05) is 0 Å². The minimum absolute atomic E-state index is 0.187. The van der Waals surface area contributed by atoms with Crippen molar-refractivity contribution in [2.75, 3.05) is 21.1 Å². The van der Waals surface area contributed by atoms with Gasteiger partial charge in [0.1, 0.15) is 6.04 Å². The van der Waals surface area contributed by atoms with E-state index in [1.165, 1.54) is 5.56 Å². The number of rotatable bonds is 5. The molecular formula is C14H22N2O2. The lowest BCUT2D eigenvalue weighted by Crippen LogP contribution is -2.45. The summed E-state index contributed by atoms with van der Waals surface area (Å²) in [6, 6.07) is 5.31. The highest BCUT2D eigenvalue weighted by Crippen LogP contribution is 2.26. The van der Waals surface area contributed by atoms with Crippen LogP contribution in [0.15, 0.2) is 18.2 Å². The number of carbonyl (C=O) groups is 1. The smallest absolute Gasteiger partial charge is 0.322 e. The molecule has 0 radical (unpaired) electrons. The number of likely N-dealkylation sites (N-methyl/N-ethyl adjacent to an activating group) is 2. The molecule has 0 saturated heterocycles. The van der Waals surface area contributed by atoms with Gasteiger partial charge in [-0.2, -0.15) is 0 Å². The monoisotopic (exact) mass is 250 g/mol. The summed E-state index contributed by atoms with van der Waals surface area (Å²) in [5, 5.41) is 12.2. The summed E-state index contributed by atoms with van der Waals surface area (Å²) in [6.45, 7) is 4.06. The van der Waals surface area contributed by atoms with Crippen LogP contribution < -0.4 is 5.32 Å². The molecule has 18 heavy (non-hydrogen) atoms. The van der Waals surface area contributed by atoms with Crippen LogP contribution in [0.3, 0.4) is 0 Å². The largest absolute Gasteiger partial charge is 0.480 e.